The van der Waals surface area contributed by atoms with Crippen molar-refractivity contribution < 1.29 is 9.90 Å². The van der Waals surface area contributed by atoms with Crippen LogP contribution in [0.3, 0.4) is 0 Å². The highest BCUT2D eigenvalue weighted by molar-refractivity contribution is 8.00. The molecular formula is C16H18N2O2S. The fourth-order valence-corrected chi connectivity index (χ4v) is 3.94. The number of aromatic nitrogens is 1. The normalized spacial score (nSPS) is 17.9. The highest BCUT2D eigenvalue weighted by Crippen LogP contribution is 2.36. The highest BCUT2D eigenvalue weighted by Gasteiger charge is 2.30. The number of anilines is 1. The molecule has 0 unspecified atom stereocenters. The molecule has 110 valence electrons. The summed E-state index contributed by atoms with van der Waals surface area (Å²) in [6.45, 7) is 6.11. The van der Waals surface area contributed by atoms with Crippen molar-refractivity contribution in [3.8, 4) is 0 Å². The Kier molecular flexibility index (Phi) is 3.53. The second-order valence-corrected chi connectivity index (χ2v) is 7.67. The summed E-state index contributed by atoms with van der Waals surface area (Å²) in [5.41, 5.74) is 1.94. The molecule has 2 heterocycles. The van der Waals surface area contributed by atoms with E-state index < -0.39 is 5.97 Å². The van der Waals surface area contributed by atoms with Gasteiger partial charge in [0.05, 0.1) is 11.2 Å². The van der Waals surface area contributed by atoms with Gasteiger partial charge in [-0.1, -0.05) is 18.2 Å². The van der Waals surface area contributed by atoms with Crippen LogP contribution in [0, 0.1) is 0 Å². The lowest BCUT2D eigenvalue weighted by molar-refractivity contribution is 0.0697. The molecule has 0 saturated carbocycles. The molecule has 21 heavy (non-hydrogen) atoms. The van der Waals surface area contributed by atoms with Gasteiger partial charge in [0.25, 0.3) is 0 Å². The van der Waals surface area contributed by atoms with Gasteiger partial charge < -0.3 is 10.0 Å². The van der Waals surface area contributed by atoms with Gasteiger partial charge in [-0.25, -0.2) is 4.79 Å². The predicted molar refractivity (Wildman–Crippen MR) is 87.5 cm³/mol. The molecule has 5 heteroatoms. The van der Waals surface area contributed by atoms with Crippen LogP contribution in [0.2, 0.25) is 0 Å². The Morgan fingerprint density at radius 2 is 2.14 bits per heavy atom. The van der Waals surface area contributed by atoms with Crippen molar-refractivity contribution in [3.63, 3.8) is 0 Å². The number of fused-ring (bicyclic) bond motifs is 1. The van der Waals surface area contributed by atoms with Crippen molar-refractivity contribution in [1.29, 1.82) is 0 Å². The van der Waals surface area contributed by atoms with Gasteiger partial charge in [-0.15, -0.1) is 0 Å². The maximum absolute atomic E-state index is 11.6. The summed E-state index contributed by atoms with van der Waals surface area (Å²) in [6, 6.07) is 7.74. The molecule has 1 saturated heterocycles. The second-order valence-electron chi connectivity index (χ2n) is 5.87. The van der Waals surface area contributed by atoms with E-state index in [2.05, 4.69) is 23.7 Å². The van der Waals surface area contributed by atoms with Crippen molar-refractivity contribution in [2.45, 2.75) is 18.6 Å². The minimum atomic E-state index is -0.917. The zero-order valence-corrected chi connectivity index (χ0v) is 13.0. The topological polar surface area (TPSA) is 53.4 Å². The van der Waals surface area contributed by atoms with Crippen LogP contribution in [0.4, 0.5) is 5.69 Å². The van der Waals surface area contributed by atoms with E-state index in [4.69, 9.17) is 0 Å². The third-order valence-corrected chi connectivity index (χ3v) is 5.02. The van der Waals surface area contributed by atoms with E-state index in [9.17, 15) is 9.90 Å². The number of rotatable bonds is 2. The molecule has 1 aliphatic heterocycles. The SMILES string of the molecule is CC1(C)CN(c2c(C(=O)O)cnc3ccccc23)CCS1. The number of pyridine rings is 1. The fourth-order valence-electron chi connectivity index (χ4n) is 2.83. The van der Waals surface area contributed by atoms with E-state index in [0.717, 1.165) is 35.4 Å². The number of aromatic carboxylic acids is 1. The van der Waals surface area contributed by atoms with Crippen molar-refractivity contribution in [2.24, 2.45) is 0 Å². The lowest BCUT2D eigenvalue weighted by Gasteiger charge is -2.39. The summed E-state index contributed by atoms with van der Waals surface area (Å²) < 4.78 is 0.123. The van der Waals surface area contributed by atoms with E-state index in [1.807, 2.05) is 36.0 Å². The Bertz CT molecular complexity index is 700. The van der Waals surface area contributed by atoms with E-state index in [1.54, 1.807) is 0 Å². The molecule has 1 aromatic carbocycles. The number of carbonyl (C=O) groups is 1. The Morgan fingerprint density at radius 1 is 1.38 bits per heavy atom. The zero-order chi connectivity index (χ0) is 15.0. The Morgan fingerprint density at radius 3 is 2.86 bits per heavy atom. The third kappa shape index (κ3) is 2.70. The van der Waals surface area contributed by atoms with Crippen molar-refractivity contribution in [2.75, 3.05) is 23.7 Å². The van der Waals surface area contributed by atoms with Gasteiger partial charge in [0, 0.05) is 35.2 Å². The monoisotopic (exact) mass is 302 g/mol. The first-order valence-corrected chi connectivity index (χ1v) is 7.96. The smallest absolute Gasteiger partial charge is 0.339 e. The van der Waals surface area contributed by atoms with Gasteiger partial charge in [-0.3, -0.25) is 4.98 Å². The maximum Gasteiger partial charge on any atom is 0.339 e. The highest BCUT2D eigenvalue weighted by atomic mass is 32.2. The number of carboxylic acid groups (broad SMARTS) is 1. The standard InChI is InChI=1S/C16H18N2O2S/c1-16(2)10-18(7-8-21-16)14-11-5-3-4-6-13(11)17-9-12(14)15(19)20/h3-6,9H,7-8,10H2,1-2H3,(H,19,20). The minimum absolute atomic E-state index is 0.123. The van der Waals surface area contributed by atoms with Gasteiger partial charge in [-0.05, 0) is 19.9 Å². The van der Waals surface area contributed by atoms with Crippen molar-refractivity contribution in [3.05, 3.63) is 36.0 Å². The van der Waals surface area contributed by atoms with Gasteiger partial charge in [0.2, 0.25) is 0 Å². The molecule has 1 N–H and O–H groups in total. The van der Waals surface area contributed by atoms with E-state index in [1.165, 1.54) is 6.20 Å². The number of nitrogens with zero attached hydrogens (tertiary/aromatic N) is 2. The summed E-state index contributed by atoms with van der Waals surface area (Å²) >= 11 is 1.93. The van der Waals surface area contributed by atoms with Crippen LogP contribution >= 0.6 is 11.8 Å². The molecule has 0 amide bonds. The molecule has 0 bridgehead atoms. The molecule has 0 atom stereocenters. The summed E-state index contributed by atoms with van der Waals surface area (Å²) in [5.74, 6) is 0.0854. The number of para-hydroxylation sites is 1. The minimum Gasteiger partial charge on any atom is -0.478 e. The molecule has 1 aromatic heterocycles. The number of carboxylic acids is 1. The van der Waals surface area contributed by atoms with E-state index >= 15 is 0 Å². The summed E-state index contributed by atoms with van der Waals surface area (Å²) in [6.07, 6.45) is 1.48. The van der Waals surface area contributed by atoms with Crippen molar-refractivity contribution in [1.82, 2.24) is 4.98 Å². The first kappa shape index (κ1) is 14.2. The zero-order valence-electron chi connectivity index (χ0n) is 12.2. The Hall–Kier alpha value is -1.75. The average Bonchev–Trinajstić information content (AvgIpc) is 2.44. The molecule has 1 fully saturated rings. The first-order valence-electron chi connectivity index (χ1n) is 6.98. The molecule has 4 nitrogen and oxygen atoms in total. The first-order chi connectivity index (χ1) is 9.98. The van der Waals surface area contributed by atoms with E-state index in [-0.39, 0.29) is 10.3 Å². The van der Waals surface area contributed by atoms with Gasteiger partial charge in [0.1, 0.15) is 5.56 Å². The number of hydrogen-bond acceptors (Lipinski definition) is 4. The maximum atomic E-state index is 11.6. The summed E-state index contributed by atoms with van der Waals surface area (Å²) in [7, 11) is 0. The Labute approximate surface area is 128 Å². The molecule has 2 aromatic rings. The number of hydrogen-bond donors (Lipinski definition) is 1. The molecule has 0 spiro atoms. The molecular weight excluding hydrogens is 284 g/mol. The van der Waals surface area contributed by atoms with Crippen LogP contribution in [0.5, 0.6) is 0 Å². The fraction of sp³-hybridized carbons (Fsp3) is 0.375. The average molecular weight is 302 g/mol. The van der Waals surface area contributed by atoms with Crippen molar-refractivity contribution >= 4 is 34.3 Å². The lowest BCUT2D eigenvalue weighted by atomic mass is 10.1. The van der Waals surface area contributed by atoms with Gasteiger partial charge >= 0.3 is 5.97 Å². The summed E-state index contributed by atoms with van der Waals surface area (Å²) in [4.78, 5) is 18.1. The summed E-state index contributed by atoms with van der Waals surface area (Å²) in [5, 5.41) is 10.4. The van der Waals surface area contributed by atoms with Crippen LogP contribution in [-0.2, 0) is 0 Å². The van der Waals surface area contributed by atoms with E-state index in [0.29, 0.717) is 0 Å². The largest absolute Gasteiger partial charge is 0.478 e. The van der Waals surface area contributed by atoms with Gasteiger partial charge in [-0.2, -0.15) is 11.8 Å². The lowest BCUT2D eigenvalue weighted by Crippen LogP contribution is -2.43. The molecule has 3 rings (SSSR count). The molecule has 1 aliphatic rings. The van der Waals surface area contributed by atoms with Crippen LogP contribution in [0.25, 0.3) is 10.9 Å². The quantitative estimate of drug-likeness (QED) is 0.922. The number of benzene rings is 1. The Balaban J connectivity index is 2.18. The van der Waals surface area contributed by atoms with Crippen LogP contribution in [0.15, 0.2) is 30.5 Å². The van der Waals surface area contributed by atoms with Crippen LogP contribution < -0.4 is 4.90 Å². The predicted octanol–water partition coefficient (Wildman–Crippen LogP) is 3.26. The van der Waals surface area contributed by atoms with Crippen LogP contribution in [0.1, 0.15) is 24.2 Å². The number of thioether (sulfide) groups is 1. The third-order valence-electron chi connectivity index (χ3n) is 3.72. The molecule has 0 radical (unpaired) electrons. The van der Waals surface area contributed by atoms with Crippen LogP contribution in [-0.4, -0.2) is 39.6 Å². The van der Waals surface area contributed by atoms with Gasteiger partial charge in [0.15, 0.2) is 0 Å². The second kappa shape index (κ2) is 5.22. The molecule has 0 aliphatic carbocycles.